The zero-order valence-electron chi connectivity index (χ0n) is 12.0. The van der Waals surface area contributed by atoms with Crippen LogP contribution in [-0.4, -0.2) is 23.3 Å². The molecule has 0 fully saturated rings. The monoisotopic (exact) mass is 361 g/mol. The molecule has 0 radical (unpaired) electrons. The number of rotatable bonds is 4. The van der Waals surface area contributed by atoms with Crippen molar-refractivity contribution in [2.24, 2.45) is 0 Å². The highest BCUT2D eigenvalue weighted by Gasteiger charge is 2.33. The molecular weight excluding hydrogens is 348 g/mol. The summed E-state index contributed by atoms with van der Waals surface area (Å²) in [6, 6.07) is 6.77. The Morgan fingerprint density at radius 2 is 1.95 bits per heavy atom. The number of nitrogens with zero attached hydrogens (tertiary/aromatic N) is 1. The zero-order chi connectivity index (χ0) is 15.9. The first-order chi connectivity index (χ1) is 10.6. The van der Waals surface area contributed by atoms with Crippen molar-refractivity contribution < 1.29 is 9.59 Å². The molecule has 3 rings (SSSR count). The van der Waals surface area contributed by atoms with Crippen LogP contribution in [0.15, 0.2) is 28.7 Å². The number of nitrogens with one attached hydrogen (secondary N) is 1. The first-order valence-electron chi connectivity index (χ1n) is 7.09. The van der Waals surface area contributed by atoms with Crippen molar-refractivity contribution in [3.05, 3.63) is 45.1 Å². The van der Waals surface area contributed by atoms with Gasteiger partial charge < -0.3 is 10.7 Å². The minimum absolute atomic E-state index is 0.272. The summed E-state index contributed by atoms with van der Waals surface area (Å²) in [5, 5.41) is 12.4. The highest BCUT2D eigenvalue weighted by atomic mass is 79.9. The minimum atomic E-state index is -0.342. The first-order valence-corrected chi connectivity index (χ1v) is 7.89. The molecule has 2 amide bonds. The number of hydrogen-bond acceptors (Lipinski definition) is 4. The van der Waals surface area contributed by atoms with Gasteiger partial charge in [0.25, 0.3) is 11.8 Å². The molecular formula is C16H14BrN2O3-. The van der Waals surface area contributed by atoms with Crippen molar-refractivity contribution in [3.8, 4) is 0 Å². The van der Waals surface area contributed by atoms with Crippen molar-refractivity contribution in [1.82, 2.24) is 4.90 Å². The summed E-state index contributed by atoms with van der Waals surface area (Å²) in [4.78, 5) is 26.5. The van der Waals surface area contributed by atoms with E-state index in [2.05, 4.69) is 15.9 Å². The lowest BCUT2D eigenvalue weighted by atomic mass is 9.93. The van der Waals surface area contributed by atoms with E-state index in [1.54, 1.807) is 18.2 Å². The molecule has 0 bridgehead atoms. The van der Waals surface area contributed by atoms with E-state index >= 15 is 0 Å². The molecule has 0 atom stereocenters. The maximum atomic E-state index is 12.7. The zero-order valence-corrected chi connectivity index (χ0v) is 13.6. The number of anilines is 1. The second-order valence-corrected chi connectivity index (χ2v) is 6.02. The van der Waals surface area contributed by atoms with Gasteiger partial charge in [0.05, 0.1) is 5.56 Å². The minimum Gasteiger partial charge on any atom is -0.761 e. The number of carbonyl (C=O) groups is 2. The van der Waals surface area contributed by atoms with Gasteiger partial charge in [0, 0.05) is 27.7 Å². The second kappa shape index (κ2) is 5.70. The fourth-order valence-corrected chi connectivity index (χ4v) is 3.30. The van der Waals surface area contributed by atoms with E-state index < -0.39 is 0 Å². The smallest absolute Gasteiger partial charge is 0.261 e. The van der Waals surface area contributed by atoms with Crippen molar-refractivity contribution in [2.75, 3.05) is 12.0 Å². The molecule has 0 unspecified atom stereocenters. The van der Waals surface area contributed by atoms with Crippen LogP contribution in [0.1, 0.15) is 40.5 Å². The van der Waals surface area contributed by atoms with Gasteiger partial charge in [0.2, 0.25) is 0 Å². The Morgan fingerprint density at radius 3 is 2.64 bits per heavy atom. The fraction of sp³-hybridized carbons (Fsp3) is 0.250. The van der Waals surface area contributed by atoms with Crippen molar-refractivity contribution in [2.45, 2.75) is 19.8 Å². The first kappa shape index (κ1) is 15.0. The van der Waals surface area contributed by atoms with Crippen LogP contribution in [-0.2, 0) is 0 Å². The molecule has 114 valence electrons. The van der Waals surface area contributed by atoms with Gasteiger partial charge in [-0.3, -0.25) is 14.5 Å². The van der Waals surface area contributed by atoms with Gasteiger partial charge in [-0.1, -0.05) is 25.5 Å². The number of unbranched alkanes of at least 4 members (excludes halogenated alkanes) is 1. The van der Waals surface area contributed by atoms with E-state index in [0.717, 1.165) is 12.8 Å². The van der Waals surface area contributed by atoms with Gasteiger partial charge in [-0.2, -0.15) is 0 Å². The SMILES string of the molecule is CCCCN1C(=O)c2cccc3c(Br)c(N[O-])cc(c23)C1=O. The van der Waals surface area contributed by atoms with E-state index in [1.807, 2.05) is 12.4 Å². The van der Waals surface area contributed by atoms with E-state index in [-0.39, 0.29) is 17.5 Å². The Kier molecular flexibility index (Phi) is 3.88. The summed E-state index contributed by atoms with van der Waals surface area (Å²) >= 11 is 3.36. The molecule has 22 heavy (non-hydrogen) atoms. The van der Waals surface area contributed by atoms with Crippen LogP contribution in [0.25, 0.3) is 10.8 Å². The Hall–Kier alpha value is -1.92. The van der Waals surface area contributed by atoms with E-state index in [0.29, 0.717) is 32.9 Å². The van der Waals surface area contributed by atoms with Crippen LogP contribution in [0.3, 0.4) is 0 Å². The Balaban J connectivity index is 2.28. The number of hydrogen-bond donors (Lipinski definition) is 1. The van der Waals surface area contributed by atoms with Gasteiger partial charge in [0.15, 0.2) is 0 Å². The molecule has 5 nitrogen and oxygen atoms in total. The lowest BCUT2D eigenvalue weighted by Gasteiger charge is -2.28. The van der Waals surface area contributed by atoms with Gasteiger partial charge in [-0.25, -0.2) is 0 Å². The molecule has 0 aromatic heterocycles. The average molecular weight is 362 g/mol. The molecule has 1 aliphatic heterocycles. The molecule has 0 saturated heterocycles. The molecule has 1 N–H and O–H groups in total. The summed E-state index contributed by atoms with van der Waals surface area (Å²) in [6.45, 7) is 2.39. The average Bonchev–Trinajstić information content (AvgIpc) is 2.54. The van der Waals surface area contributed by atoms with Crippen LogP contribution >= 0.6 is 15.9 Å². The molecule has 1 aliphatic rings. The van der Waals surface area contributed by atoms with E-state index in [1.165, 1.54) is 11.0 Å². The normalized spacial score (nSPS) is 13.9. The molecule has 2 aromatic rings. The summed E-state index contributed by atoms with van der Waals surface area (Å²) in [5.74, 6) is -0.613. The molecule has 0 spiro atoms. The van der Waals surface area contributed by atoms with Crippen molar-refractivity contribution >= 4 is 44.2 Å². The van der Waals surface area contributed by atoms with Crippen LogP contribution < -0.4 is 5.48 Å². The predicted molar refractivity (Wildman–Crippen MR) is 88.9 cm³/mol. The van der Waals surface area contributed by atoms with Crippen LogP contribution in [0.2, 0.25) is 0 Å². The highest BCUT2D eigenvalue weighted by molar-refractivity contribution is 9.10. The highest BCUT2D eigenvalue weighted by Crippen LogP contribution is 2.38. The summed E-state index contributed by atoms with van der Waals surface area (Å²) in [6.07, 6.45) is 1.65. The number of halogens is 1. The van der Waals surface area contributed by atoms with Crippen molar-refractivity contribution in [1.29, 1.82) is 0 Å². The third-order valence-electron chi connectivity index (χ3n) is 3.89. The van der Waals surface area contributed by atoms with Crippen molar-refractivity contribution in [3.63, 3.8) is 0 Å². The molecule has 1 heterocycles. The molecule has 0 aliphatic carbocycles. The Bertz CT molecular complexity index is 789. The van der Waals surface area contributed by atoms with Crippen LogP contribution in [0, 0.1) is 5.21 Å². The number of carbonyl (C=O) groups excluding carboxylic acids is 2. The number of benzene rings is 2. The van der Waals surface area contributed by atoms with E-state index in [4.69, 9.17) is 0 Å². The summed E-state index contributed by atoms with van der Waals surface area (Å²) in [7, 11) is 0. The van der Waals surface area contributed by atoms with Gasteiger partial charge >= 0.3 is 0 Å². The lowest BCUT2D eigenvalue weighted by molar-refractivity contribution is 0.0608. The maximum Gasteiger partial charge on any atom is 0.261 e. The van der Waals surface area contributed by atoms with Gasteiger partial charge in [-0.15, -0.1) is 0 Å². The largest absolute Gasteiger partial charge is 0.761 e. The lowest BCUT2D eigenvalue weighted by Crippen LogP contribution is -2.40. The van der Waals surface area contributed by atoms with Crippen LogP contribution in [0.5, 0.6) is 0 Å². The quantitative estimate of drug-likeness (QED) is 0.661. The molecule has 0 saturated carbocycles. The standard InChI is InChI=1S/C16H14BrN2O3/c1-2-3-7-19-15(20)10-6-4-5-9-13(10)11(16(19)21)8-12(18-22)14(9)17/h4-6,8,18H,2-3,7H2,1H3/q-1. The topological polar surface area (TPSA) is 72.5 Å². The third-order valence-corrected chi connectivity index (χ3v) is 4.75. The predicted octanol–water partition coefficient (Wildman–Crippen LogP) is 3.91. The second-order valence-electron chi connectivity index (χ2n) is 5.23. The van der Waals surface area contributed by atoms with E-state index in [9.17, 15) is 14.8 Å². The van der Waals surface area contributed by atoms with Crippen LogP contribution in [0.4, 0.5) is 5.69 Å². The molecule has 2 aromatic carbocycles. The van der Waals surface area contributed by atoms with Gasteiger partial charge in [0.1, 0.15) is 0 Å². The van der Waals surface area contributed by atoms with Gasteiger partial charge in [-0.05, 0) is 39.9 Å². The number of imide groups is 1. The number of amides is 2. The molecule has 6 heteroatoms. The fourth-order valence-electron chi connectivity index (χ4n) is 2.77. The Labute approximate surface area is 136 Å². The Morgan fingerprint density at radius 1 is 1.23 bits per heavy atom. The maximum absolute atomic E-state index is 12.7. The summed E-state index contributed by atoms with van der Waals surface area (Å²) < 4.78 is 0.561. The summed E-state index contributed by atoms with van der Waals surface area (Å²) in [5.41, 5.74) is 3.03. The third kappa shape index (κ3) is 2.10.